The zero-order valence-corrected chi connectivity index (χ0v) is 25.2. The van der Waals surface area contributed by atoms with Crippen LogP contribution in [0.15, 0.2) is 114 Å². The van der Waals surface area contributed by atoms with Crippen LogP contribution in [0.25, 0.3) is 11.0 Å². The molecule has 6 rings (SSSR count). The van der Waals surface area contributed by atoms with E-state index in [1.807, 2.05) is 0 Å². The average molecular weight is 635 g/mol. The van der Waals surface area contributed by atoms with Crippen molar-refractivity contribution in [1.29, 1.82) is 0 Å². The largest absolute Gasteiger partial charge is 0.459 e. The predicted molar refractivity (Wildman–Crippen MR) is 169 cm³/mol. The van der Waals surface area contributed by atoms with Crippen LogP contribution in [0, 0.1) is 0 Å². The number of nitrogens with two attached hydrogens (primary N) is 1. The van der Waals surface area contributed by atoms with E-state index in [0.29, 0.717) is 5.56 Å². The maximum absolute atomic E-state index is 13.6. The Hall–Kier alpha value is -5.88. The summed E-state index contributed by atoms with van der Waals surface area (Å²) in [5, 5.41) is 0.0223. The molecule has 0 saturated carbocycles. The van der Waals surface area contributed by atoms with E-state index >= 15 is 0 Å². The lowest BCUT2D eigenvalue weighted by Gasteiger charge is -2.33. The minimum Gasteiger partial charge on any atom is -0.459 e. The molecular weight excluding hydrogens is 604 g/mol. The molecule has 1 saturated heterocycles. The number of anilines is 1. The highest BCUT2D eigenvalue weighted by molar-refractivity contribution is 5.91. The fourth-order valence-electron chi connectivity index (χ4n) is 5.53. The highest BCUT2D eigenvalue weighted by atomic mass is 16.7. The molecule has 238 valence electrons. The molecule has 2 aromatic heterocycles. The van der Waals surface area contributed by atoms with Crippen LogP contribution >= 0.6 is 0 Å². The maximum atomic E-state index is 13.6. The molecule has 0 radical (unpaired) electrons. The summed E-state index contributed by atoms with van der Waals surface area (Å²) in [6, 6.07) is 26.2. The molecule has 3 aromatic carbocycles. The van der Waals surface area contributed by atoms with E-state index in [4.69, 9.17) is 24.7 Å². The average Bonchev–Trinajstić information content (AvgIpc) is 3.40. The van der Waals surface area contributed by atoms with Gasteiger partial charge in [0.2, 0.25) is 0 Å². The lowest BCUT2D eigenvalue weighted by atomic mass is 9.92. The first-order valence-corrected chi connectivity index (χ1v) is 14.8. The number of esters is 3. The topological polar surface area (TPSA) is 162 Å². The van der Waals surface area contributed by atoms with Crippen LogP contribution in [0.1, 0.15) is 50.6 Å². The number of fused-ring (bicyclic) bond motifs is 1. The Labute approximate surface area is 268 Å². The Kier molecular flexibility index (Phi) is 8.76. The first kappa shape index (κ1) is 31.1. The Morgan fingerprint density at radius 1 is 0.809 bits per heavy atom. The van der Waals surface area contributed by atoms with E-state index in [-0.39, 0.29) is 41.0 Å². The number of aromatic nitrogens is 3. The molecule has 12 nitrogen and oxygen atoms in total. The summed E-state index contributed by atoms with van der Waals surface area (Å²) in [5.41, 5.74) is 4.98. The second kappa shape index (κ2) is 13.2. The molecule has 1 aliphatic heterocycles. The number of benzene rings is 3. The first-order chi connectivity index (χ1) is 22.8. The van der Waals surface area contributed by atoms with Crippen molar-refractivity contribution in [2.24, 2.45) is 0 Å². The SMILES string of the molecule is CC[C@]1(COC(=O)c2ccccc2)O[C@@H](n2ccc(=O)c3c(N)ncnc32)[C@H](OC(=O)c2ccccc2)[C@@H]1OC(=O)c1ccccc1. The van der Waals surface area contributed by atoms with Crippen molar-refractivity contribution in [1.82, 2.24) is 14.5 Å². The molecule has 4 atom stereocenters. The molecule has 5 aromatic rings. The quantitative estimate of drug-likeness (QED) is 0.181. The fraction of sp³-hybridized carbons (Fsp3) is 0.200. The summed E-state index contributed by atoms with van der Waals surface area (Å²) < 4.78 is 26.2. The lowest BCUT2D eigenvalue weighted by Crippen LogP contribution is -2.50. The third-order valence-electron chi connectivity index (χ3n) is 8.01. The molecule has 2 N–H and O–H groups in total. The molecule has 12 heteroatoms. The molecule has 0 aliphatic carbocycles. The Balaban J connectivity index is 1.48. The summed E-state index contributed by atoms with van der Waals surface area (Å²) in [6.07, 6.45) is -1.11. The van der Waals surface area contributed by atoms with Gasteiger partial charge >= 0.3 is 17.9 Å². The van der Waals surface area contributed by atoms with Crippen LogP contribution in [0.3, 0.4) is 0 Å². The summed E-state index contributed by atoms with van der Waals surface area (Å²) in [4.78, 5) is 61.4. The van der Waals surface area contributed by atoms with Gasteiger partial charge in [-0.15, -0.1) is 0 Å². The van der Waals surface area contributed by atoms with Gasteiger partial charge in [-0.25, -0.2) is 24.4 Å². The van der Waals surface area contributed by atoms with Crippen molar-refractivity contribution < 1.29 is 33.3 Å². The number of pyridine rings is 1. The fourth-order valence-corrected chi connectivity index (χ4v) is 5.53. The molecule has 0 amide bonds. The van der Waals surface area contributed by atoms with Crippen molar-refractivity contribution in [3.63, 3.8) is 0 Å². The number of hydrogen-bond acceptors (Lipinski definition) is 11. The number of nitrogens with zero attached hydrogens (tertiary/aromatic N) is 3. The highest BCUT2D eigenvalue weighted by Crippen LogP contribution is 2.44. The number of rotatable bonds is 9. The number of carbonyl (C=O) groups excluding carboxylic acids is 3. The summed E-state index contributed by atoms with van der Waals surface area (Å²) >= 11 is 0. The normalized spacial score (nSPS) is 20.4. The van der Waals surface area contributed by atoms with Crippen molar-refractivity contribution in [3.05, 3.63) is 136 Å². The smallest absolute Gasteiger partial charge is 0.338 e. The number of carbonyl (C=O) groups is 3. The van der Waals surface area contributed by atoms with Crippen LogP contribution in [-0.4, -0.2) is 56.9 Å². The van der Waals surface area contributed by atoms with Gasteiger partial charge in [0.1, 0.15) is 29.7 Å². The second-order valence-electron chi connectivity index (χ2n) is 10.8. The number of ether oxygens (including phenoxy) is 4. The number of hydrogen-bond donors (Lipinski definition) is 1. The standard InChI is InChI=1S/C35H30N4O8/c1-2-35(20-44-32(41)22-12-6-3-7-13-22)28(46-34(43)24-16-10-5-11-17-24)27(45-33(42)23-14-8-4-9-15-23)31(47-35)39-19-18-25(40)26-29(36)37-21-38-30(26)39/h3-19,21,27-28,31H,2,20H2,1H3,(H2,36,37,38)/t27-,28+,31-,35-/m1/s1. The van der Waals surface area contributed by atoms with E-state index in [2.05, 4.69) is 9.97 Å². The van der Waals surface area contributed by atoms with Crippen LogP contribution in [-0.2, 0) is 18.9 Å². The van der Waals surface area contributed by atoms with E-state index in [9.17, 15) is 19.2 Å². The molecular formula is C35H30N4O8. The minimum atomic E-state index is -1.53. The second-order valence-corrected chi connectivity index (χ2v) is 10.8. The Morgan fingerprint density at radius 3 is 1.94 bits per heavy atom. The van der Waals surface area contributed by atoms with E-state index in [0.717, 1.165) is 0 Å². The molecule has 3 heterocycles. The van der Waals surface area contributed by atoms with Gasteiger partial charge in [-0.2, -0.15) is 0 Å². The molecule has 0 bridgehead atoms. The number of nitrogen functional groups attached to an aromatic ring is 1. The van der Waals surface area contributed by atoms with Gasteiger partial charge in [0.05, 0.1) is 16.7 Å². The maximum Gasteiger partial charge on any atom is 0.338 e. The van der Waals surface area contributed by atoms with E-state index < -0.39 is 47.4 Å². The zero-order valence-electron chi connectivity index (χ0n) is 25.2. The van der Waals surface area contributed by atoms with Crippen molar-refractivity contribution in [2.75, 3.05) is 12.3 Å². The van der Waals surface area contributed by atoms with Crippen molar-refractivity contribution >= 4 is 34.8 Å². The van der Waals surface area contributed by atoms with Crippen LogP contribution in [0.4, 0.5) is 5.82 Å². The molecule has 1 fully saturated rings. The summed E-state index contributed by atoms with van der Waals surface area (Å²) in [6.45, 7) is 1.39. The van der Waals surface area contributed by atoms with Crippen LogP contribution < -0.4 is 11.2 Å². The third kappa shape index (κ3) is 6.18. The van der Waals surface area contributed by atoms with Crippen molar-refractivity contribution in [2.45, 2.75) is 37.4 Å². The Morgan fingerprint density at radius 2 is 1.36 bits per heavy atom. The van der Waals surface area contributed by atoms with E-state index in [1.165, 1.54) is 23.2 Å². The minimum absolute atomic E-state index is 0.0223. The van der Waals surface area contributed by atoms with Gasteiger partial charge in [0.25, 0.3) is 0 Å². The van der Waals surface area contributed by atoms with Crippen LogP contribution in [0.2, 0.25) is 0 Å². The van der Waals surface area contributed by atoms with Crippen molar-refractivity contribution in [3.8, 4) is 0 Å². The van der Waals surface area contributed by atoms with Gasteiger partial charge < -0.3 is 29.2 Å². The molecule has 1 aliphatic rings. The lowest BCUT2D eigenvalue weighted by molar-refractivity contribution is -0.133. The van der Waals surface area contributed by atoms with Gasteiger partial charge in [-0.1, -0.05) is 61.5 Å². The highest BCUT2D eigenvalue weighted by Gasteiger charge is 2.60. The first-order valence-electron chi connectivity index (χ1n) is 14.8. The van der Waals surface area contributed by atoms with Gasteiger partial charge in [0, 0.05) is 12.3 Å². The monoisotopic (exact) mass is 634 g/mol. The molecule has 0 spiro atoms. The third-order valence-corrected chi connectivity index (χ3v) is 8.01. The van der Waals surface area contributed by atoms with E-state index in [1.54, 1.807) is 97.9 Å². The van der Waals surface area contributed by atoms with Crippen LogP contribution in [0.5, 0.6) is 0 Å². The van der Waals surface area contributed by atoms with Gasteiger partial charge in [-0.05, 0) is 42.8 Å². The molecule has 0 unspecified atom stereocenters. The molecule has 47 heavy (non-hydrogen) atoms. The summed E-state index contributed by atoms with van der Waals surface area (Å²) in [7, 11) is 0. The predicted octanol–water partition coefficient (Wildman–Crippen LogP) is 4.36. The van der Waals surface area contributed by atoms with Gasteiger partial charge in [-0.3, -0.25) is 4.79 Å². The summed E-state index contributed by atoms with van der Waals surface area (Å²) in [5.74, 6) is -2.14. The Bertz CT molecular complexity index is 1970. The van der Waals surface area contributed by atoms with Gasteiger partial charge in [0.15, 0.2) is 29.5 Å². The zero-order chi connectivity index (χ0) is 33.0.